The zero-order chi connectivity index (χ0) is 14.7. The first-order chi connectivity index (χ1) is 9.49. The molecule has 2 rings (SSSR count). The Bertz CT molecular complexity index is 480. The standard InChI is InChI=1S/C17H23NO2/c1-12(2)13-4-6-14(7-5-13)17(20)18(3)15-8-10-16(19)11-9-15/h4-7,12,15H,8-11H2,1-3H3. The topological polar surface area (TPSA) is 37.4 Å². The van der Waals surface area contributed by atoms with Gasteiger partial charge in [0.1, 0.15) is 5.78 Å². The molecule has 0 bridgehead atoms. The summed E-state index contributed by atoms with van der Waals surface area (Å²) < 4.78 is 0. The van der Waals surface area contributed by atoms with Gasteiger partial charge in [0.2, 0.25) is 0 Å². The van der Waals surface area contributed by atoms with Gasteiger partial charge in [-0.05, 0) is 36.5 Å². The molecule has 108 valence electrons. The molecule has 3 heteroatoms. The number of hydrogen-bond acceptors (Lipinski definition) is 2. The van der Waals surface area contributed by atoms with E-state index in [1.807, 2.05) is 31.3 Å². The third-order valence-electron chi connectivity index (χ3n) is 4.21. The zero-order valence-electron chi connectivity index (χ0n) is 12.6. The lowest BCUT2D eigenvalue weighted by Gasteiger charge is -2.30. The Balaban J connectivity index is 2.04. The van der Waals surface area contributed by atoms with Gasteiger partial charge in [-0.1, -0.05) is 26.0 Å². The minimum Gasteiger partial charge on any atom is -0.339 e. The van der Waals surface area contributed by atoms with Crippen LogP contribution in [0.1, 0.15) is 61.4 Å². The fourth-order valence-corrected chi connectivity index (χ4v) is 2.69. The van der Waals surface area contributed by atoms with Gasteiger partial charge in [0, 0.05) is 31.5 Å². The van der Waals surface area contributed by atoms with Gasteiger partial charge in [-0.25, -0.2) is 0 Å². The Morgan fingerprint density at radius 1 is 1.15 bits per heavy atom. The van der Waals surface area contributed by atoms with Crippen molar-refractivity contribution in [2.24, 2.45) is 0 Å². The van der Waals surface area contributed by atoms with Crippen LogP contribution in [0.4, 0.5) is 0 Å². The van der Waals surface area contributed by atoms with Crippen LogP contribution in [0, 0.1) is 0 Å². The minimum absolute atomic E-state index is 0.0552. The number of ketones is 1. The largest absolute Gasteiger partial charge is 0.339 e. The van der Waals surface area contributed by atoms with Gasteiger partial charge in [0.25, 0.3) is 5.91 Å². The van der Waals surface area contributed by atoms with E-state index < -0.39 is 0 Å². The van der Waals surface area contributed by atoms with Gasteiger partial charge < -0.3 is 4.90 Å². The number of Topliss-reactive ketones (excluding diaryl/α,β-unsaturated/α-hetero) is 1. The van der Waals surface area contributed by atoms with E-state index in [0.29, 0.717) is 24.5 Å². The Morgan fingerprint density at radius 2 is 1.70 bits per heavy atom. The van der Waals surface area contributed by atoms with Crippen LogP contribution in [-0.2, 0) is 4.79 Å². The molecule has 1 aromatic rings. The summed E-state index contributed by atoms with van der Waals surface area (Å²) in [5.41, 5.74) is 1.97. The van der Waals surface area contributed by atoms with E-state index >= 15 is 0 Å². The normalized spacial score (nSPS) is 16.5. The van der Waals surface area contributed by atoms with Gasteiger partial charge >= 0.3 is 0 Å². The molecule has 1 aromatic carbocycles. The van der Waals surface area contributed by atoms with Crippen molar-refractivity contribution in [1.82, 2.24) is 4.90 Å². The molecular weight excluding hydrogens is 250 g/mol. The number of carbonyl (C=O) groups is 2. The maximum absolute atomic E-state index is 12.4. The molecule has 0 atom stereocenters. The van der Waals surface area contributed by atoms with Crippen molar-refractivity contribution in [3.63, 3.8) is 0 Å². The number of carbonyl (C=O) groups excluding carboxylic acids is 2. The average molecular weight is 273 g/mol. The highest BCUT2D eigenvalue weighted by Gasteiger charge is 2.25. The fraction of sp³-hybridized carbons (Fsp3) is 0.529. The van der Waals surface area contributed by atoms with Crippen LogP contribution in [0.2, 0.25) is 0 Å². The van der Waals surface area contributed by atoms with Crippen LogP contribution >= 0.6 is 0 Å². The maximum Gasteiger partial charge on any atom is 0.253 e. The Kier molecular flexibility index (Phi) is 4.58. The van der Waals surface area contributed by atoms with Gasteiger partial charge in [-0.3, -0.25) is 9.59 Å². The van der Waals surface area contributed by atoms with Gasteiger partial charge in [-0.2, -0.15) is 0 Å². The van der Waals surface area contributed by atoms with Crippen LogP contribution in [0.25, 0.3) is 0 Å². The molecule has 1 amide bonds. The monoisotopic (exact) mass is 273 g/mol. The summed E-state index contributed by atoms with van der Waals surface area (Å²) in [6.07, 6.45) is 2.81. The zero-order valence-corrected chi connectivity index (χ0v) is 12.6. The summed E-state index contributed by atoms with van der Waals surface area (Å²) in [5.74, 6) is 0.851. The second-order valence-corrected chi connectivity index (χ2v) is 5.96. The van der Waals surface area contributed by atoms with E-state index in [1.165, 1.54) is 5.56 Å². The highest BCUT2D eigenvalue weighted by atomic mass is 16.2. The Morgan fingerprint density at radius 3 is 2.20 bits per heavy atom. The predicted molar refractivity (Wildman–Crippen MR) is 79.9 cm³/mol. The van der Waals surface area contributed by atoms with Gasteiger partial charge in [-0.15, -0.1) is 0 Å². The first-order valence-electron chi connectivity index (χ1n) is 7.38. The van der Waals surface area contributed by atoms with Crippen LogP contribution in [0.5, 0.6) is 0 Å². The molecule has 0 N–H and O–H groups in total. The lowest BCUT2D eigenvalue weighted by molar-refractivity contribution is -0.121. The second kappa shape index (κ2) is 6.21. The molecule has 1 saturated carbocycles. The third kappa shape index (κ3) is 3.27. The SMILES string of the molecule is CC(C)c1ccc(C(=O)N(C)C2CCC(=O)CC2)cc1. The van der Waals surface area contributed by atoms with E-state index in [4.69, 9.17) is 0 Å². The molecule has 0 aromatic heterocycles. The summed E-state index contributed by atoms with van der Waals surface area (Å²) >= 11 is 0. The van der Waals surface area contributed by atoms with Crippen molar-refractivity contribution < 1.29 is 9.59 Å². The third-order valence-corrected chi connectivity index (χ3v) is 4.21. The smallest absolute Gasteiger partial charge is 0.253 e. The number of nitrogens with zero attached hydrogens (tertiary/aromatic N) is 1. The van der Waals surface area contributed by atoms with E-state index in [0.717, 1.165) is 18.4 Å². The van der Waals surface area contributed by atoms with Crippen molar-refractivity contribution >= 4 is 11.7 Å². The summed E-state index contributed by atoms with van der Waals surface area (Å²) in [7, 11) is 1.85. The number of benzene rings is 1. The molecule has 0 radical (unpaired) electrons. The summed E-state index contributed by atoms with van der Waals surface area (Å²) in [5, 5.41) is 0. The lowest BCUT2D eigenvalue weighted by atomic mass is 9.93. The summed E-state index contributed by atoms with van der Waals surface area (Å²) in [6.45, 7) is 4.28. The molecule has 0 unspecified atom stereocenters. The van der Waals surface area contributed by atoms with Crippen molar-refractivity contribution in [3.8, 4) is 0 Å². The van der Waals surface area contributed by atoms with E-state index in [2.05, 4.69) is 13.8 Å². The highest BCUT2D eigenvalue weighted by molar-refractivity contribution is 5.94. The van der Waals surface area contributed by atoms with Crippen LogP contribution in [0.15, 0.2) is 24.3 Å². The summed E-state index contributed by atoms with van der Waals surface area (Å²) in [4.78, 5) is 25.5. The van der Waals surface area contributed by atoms with Gasteiger partial charge in [0.15, 0.2) is 0 Å². The number of hydrogen-bond donors (Lipinski definition) is 0. The second-order valence-electron chi connectivity index (χ2n) is 5.96. The average Bonchev–Trinajstić information content (AvgIpc) is 2.46. The molecule has 1 aliphatic rings. The van der Waals surface area contributed by atoms with E-state index in [-0.39, 0.29) is 11.9 Å². The number of rotatable bonds is 3. The van der Waals surface area contributed by atoms with E-state index in [1.54, 1.807) is 4.90 Å². The van der Waals surface area contributed by atoms with Crippen molar-refractivity contribution in [2.75, 3.05) is 7.05 Å². The highest BCUT2D eigenvalue weighted by Crippen LogP contribution is 2.22. The molecule has 0 saturated heterocycles. The van der Waals surface area contributed by atoms with Crippen LogP contribution < -0.4 is 0 Å². The Labute approximate surface area is 121 Å². The molecular formula is C17H23NO2. The minimum atomic E-state index is 0.0552. The first-order valence-corrected chi connectivity index (χ1v) is 7.38. The van der Waals surface area contributed by atoms with Crippen LogP contribution in [-0.4, -0.2) is 29.7 Å². The quantitative estimate of drug-likeness (QED) is 0.846. The fourth-order valence-electron chi connectivity index (χ4n) is 2.69. The molecule has 0 spiro atoms. The molecule has 1 aliphatic carbocycles. The van der Waals surface area contributed by atoms with Crippen molar-refractivity contribution in [1.29, 1.82) is 0 Å². The predicted octanol–water partition coefficient (Wildman–Crippen LogP) is 3.39. The van der Waals surface area contributed by atoms with Crippen molar-refractivity contribution in [2.45, 2.75) is 51.5 Å². The van der Waals surface area contributed by atoms with Crippen molar-refractivity contribution in [3.05, 3.63) is 35.4 Å². The summed E-state index contributed by atoms with van der Waals surface area (Å²) in [6, 6.07) is 8.06. The van der Waals surface area contributed by atoms with Crippen LogP contribution in [0.3, 0.4) is 0 Å². The Hall–Kier alpha value is -1.64. The van der Waals surface area contributed by atoms with E-state index in [9.17, 15) is 9.59 Å². The molecule has 0 aliphatic heterocycles. The van der Waals surface area contributed by atoms with Gasteiger partial charge in [0.05, 0.1) is 0 Å². The molecule has 1 fully saturated rings. The molecule has 0 heterocycles. The first kappa shape index (κ1) is 14.8. The number of amides is 1. The molecule has 20 heavy (non-hydrogen) atoms. The lowest BCUT2D eigenvalue weighted by Crippen LogP contribution is -2.39. The maximum atomic E-state index is 12.4. The molecule has 3 nitrogen and oxygen atoms in total.